The smallest absolute Gasteiger partial charge is 0.304 e. The second-order valence-electron chi connectivity index (χ2n) is 3.05. The Morgan fingerprint density at radius 3 is 2.08 bits per heavy atom. The van der Waals surface area contributed by atoms with Gasteiger partial charge in [0.2, 0.25) is 0 Å². The van der Waals surface area contributed by atoms with E-state index in [-0.39, 0.29) is 6.42 Å². The van der Waals surface area contributed by atoms with E-state index < -0.39 is 5.97 Å². The van der Waals surface area contributed by atoms with Gasteiger partial charge in [-0.05, 0) is 34.1 Å². The summed E-state index contributed by atoms with van der Waals surface area (Å²) in [6, 6.07) is 0. The molecule has 0 saturated carbocycles. The third kappa shape index (κ3) is 24.6. The first kappa shape index (κ1) is 14.9. The Kier molecular flexibility index (Phi) is 13.0. The second-order valence-corrected chi connectivity index (χ2v) is 3.05. The minimum Gasteiger partial charge on any atom is -0.481 e. The number of carboxylic acid groups (broad SMARTS) is 1. The van der Waals surface area contributed by atoms with Gasteiger partial charge in [0.1, 0.15) is 0 Å². The van der Waals surface area contributed by atoms with Crippen molar-refractivity contribution in [1.82, 2.24) is 10.2 Å². The number of carbonyl (C=O) groups is 1. The summed E-state index contributed by atoms with van der Waals surface area (Å²) in [7, 11) is 5.66. The molecule has 0 amide bonds. The summed E-state index contributed by atoms with van der Waals surface area (Å²) in [6.45, 7) is 3.91. The van der Waals surface area contributed by atoms with Crippen molar-refractivity contribution in [2.45, 2.75) is 19.8 Å². The van der Waals surface area contributed by atoms with E-state index in [1.54, 1.807) is 0 Å². The van der Waals surface area contributed by atoms with E-state index in [4.69, 9.17) is 5.11 Å². The Hall–Kier alpha value is -0.610. The third-order valence-corrected chi connectivity index (χ3v) is 1.27. The van der Waals surface area contributed by atoms with Crippen molar-refractivity contribution in [3.8, 4) is 0 Å². The number of hydrogen-bond donors (Lipinski definition) is 2. The molecular formula is C9H22N2O2. The molecule has 0 rings (SSSR count). The first-order valence-corrected chi connectivity index (χ1v) is 4.55. The van der Waals surface area contributed by atoms with Gasteiger partial charge in [0.25, 0.3) is 0 Å². The Bertz CT molecular complexity index is 114. The van der Waals surface area contributed by atoms with Crippen molar-refractivity contribution in [2.24, 2.45) is 0 Å². The largest absolute Gasteiger partial charge is 0.481 e. The summed E-state index contributed by atoms with van der Waals surface area (Å²) >= 11 is 0. The standard InChI is InChI=1S/C5H11NO2.C4H11N/c1-6(2)4-3-5(7)8;1-3-4-5-2/h3-4H2,1-2H3,(H,7,8);5H,3-4H2,1-2H3. The maximum absolute atomic E-state index is 9.88. The molecular weight excluding hydrogens is 168 g/mol. The monoisotopic (exact) mass is 190 g/mol. The van der Waals surface area contributed by atoms with Crippen LogP contribution in [-0.4, -0.2) is 50.2 Å². The summed E-state index contributed by atoms with van der Waals surface area (Å²) in [5.74, 6) is -0.737. The molecule has 0 aliphatic carbocycles. The van der Waals surface area contributed by atoms with Crippen LogP contribution in [0.15, 0.2) is 0 Å². The Morgan fingerprint density at radius 1 is 1.46 bits per heavy atom. The van der Waals surface area contributed by atoms with Gasteiger partial charge in [-0.1, -0.05) is 6.92 Å². The van der Waals surface area contributed by atoms with Gasteiger partial charge in [-0.3, -0.25) is 4.79 Å². The molecule has 0 saturated heterocycles. The average molecular weight is 190 g/mol. The minimum atomic E-state index is -0.737. The molecule has 0 aliphatic heterocycles. The van der Waals surface area contributed by atoms with Crippen LogP contribution >= 0.6 is 0 Å². The predicted octanol–water partition coefficient (Wildman–Crippen LogP) is 0.639. The lowest BCUT2D eigenvalue weighted by atomic mass is 10.4. The molecule has 0 heterocycles. The topological polar surface area (TPSA) is 52.6 Å². The first-order chi connectivity index (χ1) is 6.04. The second kappa shape index (κ2) is 11.4. The maximum atomic E-state index is 9.88. The molecule has 13 heavy (non-hydrogen) atoms. The number of rotatable bonds is 5. The fraction of sp³-hybridized carbons (Fsp3) is 0.889. The SMILES string of the molecule is CCCNC.CN(C)CCC(=O)O. The van der Waals surface area contributed by atoms with E-state index in [9.17, 15) is 4.79 Å². The summed E-state index contributed by atoms with van der Waals surface area (Å²) < 4.78 is 0. The molecule has 80 valence electrons. The van der Waals surface area contributed by atoms with Crippen molar-refractivity contribution in [3.05, 3.63) is 0 Å². The fourth-order valence-corrected chi connectivity index (χ4v) is 0.569. The number of nitrogens with zero attached hydrogens (tertiary/aromatic N) is 1. The average Bonchev–Trinajstić information content (AvgIpc) is 2.03. The van der Waals surface area contributed by atoms with Crippen LogP contribution in [0, 0.1) is 0 Å². The van der Waals surface area contributed by atoms with Crippen LogP contribution in [0.5, 0.6) is 0 Å². The molecule has 4 heteroatoms. The van der Waals surface area contributed by atoms with Crippen LogP contribution in [0.4, 0.5) is 0 Å². The third-order valence-electron chi connectivity index (χ3n) is 1.27. The molecule has 0 atom stereocenters. The zero-order chi connectivity index (χ0) is 10.7. The molecule has 4 nitrogen and oxygen atoms in total. The van der Waals surface area contributed by atoms with Crippen LogP contribution in [0.25, 0.3) is 0 Å². The van der Waals surface area contributed by atoms with E-state index in [2.05, 4.69) is 12.2 Å². The Labute approximate surface area is 80.9 Å². The normalized spacial score (nSPS) is 9.31. The van der Waals surface area contributed by atoms with Gasteiger partial charge in [-0.15, -0.1) is 0 Å². The quantitative estimate of drug-likeness (QED) is 0.668. The molecule has 0 radical (unpaired) electrons. The van der Waals surface area contributed by atoms with Crippen LogP contribution < -0.4 is 5.32 Å². The molecule has 0 fully saturated rings. The van der Waals surface area contributed by atoms with Crippen molar-refractivity contribution in [3.63, 3.8) is 0 Å². The lowest BCUT2D eigenvalue weighted by molar-refractivity contribution is -0.137. The van der Waals surface area contributed by atoms with Gasteiger partial charge in [0.05, 0.1) is 6.42 Å². The van der Waals surface area contributed by atoms with E-state index in [1.807, 2.05) is 26.0 Å². The summed E-state index contributed by atoms with van der Waals surface area (Å²) in [5.41, 5.74) is 0. The zero-order valence-electron chi connectivity index (χ0n) is 9.13. The minimum absolute atomic E-state index is 0.229. The van der Waals surface area contributed by atoms with Gasteiger partial charge >= 0.3 is 5.97 Å². The van der Waals surface area contributed by atoms with E-state index in [0.717, 1.165) is 6.54 Å². The van der Waals surface area contributed by atoms with Gasteiger partial charge in [0.15, 0.2) is 0 Å². The molecule has 0 aliphatic rings. The number of hydrogen-bond acceptors (Lipinski definition) is 3. The highest BCUT2D eigenvalue weighted by atomic mass is 16.4. The van der Waals surface area contributed by atoms with Crippen molar-refractivity contribution in [1.29, 1.82) is 0 Å². The molecule has 0 aromatic rings. The van der Waals surface area contributed by atoms with Gasteiger partial charge in [-0.25, -0.2) is 0 Å². The van der Waals surface area contributed by atoms with Crippen LogP contribution in [0.2, 0.25) is 0 Å². The Balaban J connectivity index is 0. The highest BCUT2D eigenvalue weighted by Gasteiger charge is 1.95. The summed E-state index contributed by atoms with van der Waals surface area (Å²) in [4.78, 5) is 11.7. The molecule has 0 aromatic heterocycles. The van der Waals surface area contributed by atoms with Crippen molar-refractivity contribution in [2.75, 3.05) is 34.2 Å². The lowest BCUT2D eigenvalue weighted by Crippen LogP contribution is -2.15. The lowest BCUT2D eigenvalue weighted by Gasteiger charge is -2.04. The fourth-order valence-electron chi connectivity index (χ4n) is 0.569. The van der Waals surface area contributed by atoms with Crippen molar-refractivity contribution < 1.29 is 9.90 Å². The maximum Gasteiger partial charge on any atom is 0.304 e. The Morgan fingerprint density at radius 2 is 2.00 bits per heavy atom. The number of carboxylic acids is 1. The van der Waals surface area contributed by atoms with Crippen LogP contribution in [0.1, 0.15) is 19.8 Å². The zero-order valence-corrected chi connectivity index (χ0v) is 9.13. The van der Waals surface area contributed by atoms with Crippen LogP contribution in [-0.2, 0) is 4.79 Å². The molecule has 2 N–H and O–H groups in total. The van der Waals surface area contributed by atoms with Crippen LogP contribution in [0.3, 0.4) is 0 Å². The predicted molar refractivity (Wildman–Crippen MR) is 55.0 cm³/mol. The molecule has 0 bridgehead atoms. The molecule has 0 spiro atoms. The van der Waals surface area contributed by atoms with E-state index in [0.29, 0.717) is 6.54 Å². The summed E-state index contributed by atoms with van der Waals surface area (Å²) in [6.07, 6.45) is 1.46. The molecule has 0 unspecified atom stereocenters. The van der Waals surface area contributed by atoms with E-state index in [1.165, 1.54) is 6.42 Å². The highest BCUT2D eigenvalue weighted by molar-refractivity contribution is 5.66. The first-order valence-electron chi connectivity index (χ1n) is 4.55. The van der Waals surface area contributed by atoms with Gasteiger partial charge < -0.3 is 15.3 Å². The van der Waals surface area contributed by atoms with Gasteiger partial charge in [-0.2, -0.15) is 0 Å². The highest BCUT2D eigenvalue weighted by Crippen LogP contribution is 1.80. The number of aliphatic carboxylic acids is 1. The van der Waals surface area contributed by atoms with Gasteiger partial charge in [0, 0.05) is 6.54 Å². The summed E-state index contributed by atoms with van der Waals surface area (Å²) in [5, 5.41) is 11.2. The van der Waals surface area contributed by atoms with E-state index >= 15 is 0 Å². The number of nitrogens with one attached hydrogen (secondary N) is 1. The molecule has 0 aromatic carbocycles. The van der Waals surface area contributed by atoms with Crippen molar-refractivity contribution >= 4 is 5.97 Å².